The molecule has 2 heterocycles. The third kappa shape index (κ3) is 3.08. The number of para-hydroxylation sites is 1. The first-order chi connectivity index (χ1) is 12.9. The molecular formula is C18H13F3N4OS. The second kappa shape index (κ2) is 6.41. The van der Waals surface area contributed by atoms with Crippen LogP contribution in [0.2, 0.25) is 0 Å². The first kappa shape index (κ1) is 17.6. The quantitative estimate of drug-likeness (QED) is 0.498. The van der Waals surface area contributed by atoms with Crippen molar-refractivity contribution in [3.8, 4) is 0 Å². The number of benzene rings is 2. The molecule has 0 N–H and O–H groups in total. The molecule has 4 rings (SSSR count). The van der Waals surface area contributed by atoms with Crippen molar-refractivity contribution in [2.75, 3.05) is 0 Å². The molecule has 0 saturated heterocycles. The second-order valence-electron chi connectivity index (χ2n) is 5.99. The number of hydrogen-bond acceptors (Lipinski definition) is 4. The van der Waals surface area contributed by atoms with Crippen molar-refractivity contribution in [2.24, 2.45) is 7.05 Å². The molecule has 0 aliphatic rings. The van der Waals surface area contributed by atoms with Crippen LogP contribution in [-0.2, 0) is 19.0 Å². The van der Waals surface area contributed by atoms with Crippen LogP contribution in [0, 0.1) is 0 Å². The van der Waals surface area contributed by atoms with E-state index in [1.807, 2.05) is 6.07 Å². The third-order valence-corrected chi connectivity index (χ3v) is 5.22. The fraction of sp³-hybridized carbons (Fsp3) is 0.167. The van der Waals surface area contributed by atoms with Crippen LogP contribution in [0.5, 0.6) is 0 Å². The predicted molar refractivity (Wildman–Crippen MR) is 96.7 cm³/mol. The summed E-state index contributed by atoms with van der Waals surface area (Å²) in [7, 11) is 1.61. The Morgan fingerprint density at radius 1 is 1.07 bits per heavy atom. The molecule has 0 radical (unpaired) electrons. The Hall–Kier alpha value is -2.81. The highest BCUT2D eigenvalue weighted by Crippen LogP contribution is 2.31. The normalized spacial score (nSPS) is 12.1. The van der Waals surface area contributed by atoms with Gasteiger partial charge in [-0.05, 0) is 23.8 Å². The molecule has 9 heteroatoms. The van der Waals surface area contributed by atoms with Gasteiger partial charge in [-0.15, -0.1) is 10.2 Å². The summed E-state index contributed by atoms with van der Waals surface area (Å²) in [6, 6.07) is 12.3. The lowest BCUT2D eigenvalue weighted by Gasteiger charge is -2.09. The Kier molecular flexibility index (Phi) is 4.18. The molecule has 0 bridgehead atoms. The van der Waals surface area contributed by atoms with Crippen LogP contribution in [0.15, 0.2) is 58.5 Å². The van der Waals surface area contributed by atoms with E-state index in [0.29, 0.717) is 33.2 Å². The van der Waals surface area contributed by atoms with Gasteiger partial charge in [-0.1, -0.05) is 42.1 Å². The van der Waals surface area contributed by atoms with Gasteiger partial charge in [0.25, 0.3) is 5.56 Å². The molecular weight excluding hydrogens is 377 g/mol. The molecule has 4 aromatic rings. The summed E-state index contributed by atoms with van der Waals surface area (Å²) in [5.41, 5.74) is 0.326. The van der Waals surface area contributed by atoms with E-state index >= 15 is 0 Å². The van der Waals surface area contributed by atoms with E-state index in [9.17, 15) is 18.0 Å². The van der Waals surface area contributed by atoms with E-state index in [1.54, 1.807) is 35.7 Å². The van der Waals surface area contributed by atoms with Crippen LogP contribution >= 0.6 is 11.8 Å². The molecule has 0 atom stereocenters. The van der Waals surface area contributed by atoms with E-state index in [0.717, 1.165) is 12.1 Å². The van der Waals surface area contributed by atoms with Crippen LogP contribution in [0.1, 0.15) is 11.1 Å². The third-order valence-electron chi connectivity index (χ3n) is 4.22. The smallest absolute Gasteiger partial charge is 0.279 e. The Morgan fingerprint density at radius 2 is 1.85 bits per heavy atom. The van der Waals surface area contributed by atoms with Crippen LogP contribution in [0.25, 0.3) is 16.7 Å². The van der Waals surface area contributed by atoms with Crippen LogP contribution in [0.3, 0.4) is 0 Å². The van der Waals surface area contributed by atoms with E-state index in [4.69, 9.17) is 0 Å². The number of nitrogens with zero attached hydrogens (tertiary/aromatic N) is 4. The lowest BCUT2D eigenvalue weighted by Crippen LogP contribution is -2.20. The zero-order valence-electron chi connectivity index (χ0n) is 14.1. The molecule has 2 aromatic heterocycles. The fourth-order valence-corrected chi connectivity index (χ4v) is 3.77. The maximum Gasteiger partial charge on any atom is 0.416 e. The number of halogens is 3. The second-order valence-corrected chi connectivity index (χ2v) is 6.93. The fourth-order valence-electron chi connectivity index (χ4n) is 2.89. The number of aryl methyl sites for hydroxylation is 1. The molecule has 2 aromatic carbocycles. The largest absolute Gasteiger partial charge is 0.416 e. The van der Waals surface area contributed by atoms with E-state index < -0.39 is 11.7 Å². The Morgan fingerprint density at radius 3 is 2.63 bits per heavy atom. The van der Waals surface area contributed by atoms with Gasteiger partial charge in [-0.25, -0.2) is 0 Å². The summed E-state index contributed by atoms with van der Waals surface area (Å²) in [6.45, 7) is 0. The molecule has 138 valence electrons. The molecule has 27 heavy (non-hydrogen) atoms. The van der Waals surface area contributed by atoms with Crippen molar-refractivity contribution in [2.45, 2.75) is 17.1 Å². The minimum Gasteiger partial charge on any atom is -0.279 e. The first-order valence-corrected chi connectivity index (χ1v) is 8.96. The van der Waals surface area contributed by atoms with Crippen LogP contribution in [-0.4, -0.2) is 19.2 Å². The number of fused-ring (bicyclic) bond motifs is 3. The molecule has 0 unspecified atom stereocenters. The van der Waals surface area contributed by atoms with Gasteiger partial charge in [-0.3, -0.25) is 13.8 Å². The SMILES string of the molecule is Cn1c(=O)c2ccccc2n2c(SCc3cccc(C(F)(F)F)c3)nnc12. The van der Waals surface area contributed by atoms with Crippen molar-refractivity contribution in [3.63, 3.8) is 0 Å². The minimum atomic E-state index is -4.38. The highest BCUT2D eigenvalue weighted by atomic mass is 32.2. The summed E-state index contributed by atoms with van der Waals surface area (Å²) >= 11 is 1.27. The minimum absolute atomic E-state index is 0.181. The van der Waals surface area contributed by atoms with Gasteiger partial charge < -0.3 is 0 Å². The van der Waals surface area contributed by atoms with Gasteiger partial charge >= 0.3 is 6.18 Å². The zero-order valence-corrected chi connectivity index (χ0v) is 14.9. The molecule has 0 aliphatic heterocycles. The lowest BCUT2D eigenvalue weighted by atomic mass is 10.1. The van der Waals surface area contributed by atoms with Crippen molar-refractivity contribution in [3.05, 3.63) is 70.0 Å². The Bertz CT molecular complexity index is 1210. The molecule has 0 amide bonds. The van der Waals surface area contributed by atoms with Crippen LogP contribution in [0.4, 0.5) is 13.2 Å². The number of rotatable bonds is 3. The van der Waals surface area contributed by atoms with Crippen LogP contribution < -0.4 is 5.56 Å². The summed E-state index contributed by atoms with van der Waals surface area (Å²) in [5, 5.41) is 9.23. The van der Waals surface area contributed by atoms with E-state index in [2.05, 4.69) is 10.2 Å². The summed E-state index contributed by atoms with van der Waals surface area (Å²) in [6.07, 6.45) is -4.38. The van der Waals surface area contributed by atoms with Crippen molar-refractivity contribution in [1.82, 2.24) is 19.2 Å². The number of hydrogen-bond donors (Lipinski definition) is 0. The standard InChI is InChI=1S/C18H13F3N4OS/c1-24-15(26)13-7-2-3-8-14(13)25-16(24)22-23-17(25)27-10-11-5-4-6-12(9-11)18(19,20)21/h2-9H,10H2,1H3. The zero-order chi connectivity index (χ0) is 19.2. The Labute approximate surface area is 155 Å². The van der Waals surface area contributed by atoms with Gasteiger partial charge in [0.2, 0.25) is 5.78 Å². The summed E-state index contributed by atoms with van der Waals surface area (Å²) < 4.78 is 41.8. The average Bonchev–Trinajstić information content (AvgIpc) is 3.08. The summed E-state index contributed by atoms with van der Waals surface area (Å²) in [4.78, 5) is 12.4. The van der Waals surface area contributed by atoms with Gasteiger partial charge in [0.1, 0.15) is 0 Å². The molecule has 0 spiro atoms. The lowest BCUT2D eigenvalue weighted by molar-refractivity contribution is -0.137. The number of thioether (sulfide) groups is 1. The molecule has 0 aliphatic carbocycles. The van der Waals surface area contributed by atoms with E-state index in [1.165, 1.54) is 22.4 Å². The monoisotopic (exact) mass is 390 g/mol. The number of aromatic nitrogens is 4. The van der Waals surface area contributed by atoms with Crippen molar-refractivity contribution in [1.29, 1.82) is 0 Å². The molecule has 5 nitrogen and oxygen atoms in total. The predicted octanol–water partition coefficient (Wildman–Crippen LogP) is 3.89. The maximum atomic E-state index is 12.9. The molecule has 0 fully saturated rings. The highest BCUT2D eigenvalue weighted by Gasteiger charge is 2.30. The van der Waals surface area contributed by atoms with E-state index in [-0.39, 0.29) is 5.56 Å². The average molecular weight is 390 g/mol. The summed E-state index contributed by atoms with van der Waals surface area (Å²) in [5.74, 6) is 0.673. The van der Waals surface area contributed by atoms with Crippen molar-refractivity contribution >= 4 is 28.4 Å². The first-order valence-electron chi connectivity index (χ1n) is 7.98. The molecule has 0 saturated carbocycles. The van der Waals surface area contributed by atoms with Gasteiger partial charge in [-0.2, -0.15) is 13.2 Å². The van der Waals surface area contributed by atoms with Gasteiger partial charge in [0.15, 0.2) is 5.16 Å². The highest BCUT2D eigenvalue weighted by molar-refractivity contribution is 7.98. The number of alkyl halides is 3. The topological polar surface area (TPSA) is 52.2 Å². The van der Waals surface area contributed by atoms with Crippen molar-refractivity contribution < 1.29 is 13.2 Å². The van der Waals surface area contributed by atoms with Gasteiger partial charge in [0, 0.05) is 12.8 Å². The maximum absolute atomic E-state index is 12.9. The van der Waals surface area contributed by atoms with Gasteiger partial charge in [0.05, 0.1) is 16.5 Å². The Balaban J connectivity index is 1.75.